The van der Waals surface area contributed by atoms with Crippen molar-refractivity contribution in [2.75, 3.05) is 13.2 Å². The van der Waals surface area contributed by atoms with Crippen LogP contribution in [0.4, 0.5) is 0 Å². The molecule has 0 spiro atoms. The predicted molar refractivity (Wildman–Crippen MR) is 96.7 cm³/mol. The molecule has 0 fully saturated rings. The van der Waals surface area contributed by atoms with Crippen LogP contribution in [0.25, 0.3) is 10.1 Å². The Kier molecular flexibility index (Phi) is 5.35. The summed E-state index contributed by atoms with van der Waals surface area (Å²) in [6.07, 6.45) is -0.749. The van der Waals surface area contributed by atoms with E-state index in [2.05, 4.69) is 5.32 Å². The molecule has 1 amide bonds. The van der Waals surface area contributed by atoms with Crippen LogP contribution in [0.3, 0.4) is 0 Å². The first-order chi connectivity index (χ1) is 11.6. The Labute approximate surface area is 148 Å². The number of fused-ring (bicyclic) bond motifs is 1. The summed E-state index contributed by atoms with van der Waals surface area (Å²) < 4.78 is 6.48. The van der Waals surface area contributed by atoms with Gasteiger partial charge >= 0.3 is 0 Å². The Bertz CT molecular complexity index is 832. The minimum atomic E-state index is -0.749. The van der Waals surface area contributed by atoms with E-state index in [4.69, 9.17) is 16.3 Å². The molecule has 1 atom stereocenters. The molecule has 0 bridgehead atoms. The monoisotopic (exact) mass is 361 g/mol. The summed E-state index contributed by atoms with van der Waals surface area (Å²) >= 11 is 7.36. The second-order valence-corrected chi connectivity index (χ2v) is 6.60. The molecule has 124 valence electrons. The maximum atomic E-state index is 11.9. The second-order valence-electron chi connectivity index (χ2n) is 5.25. The van der Waals surface area contributed by atoms with Gasteiger partial charge in [-0.15, -0.1) is 11.3 Å². The number of aliphatic hydroxyl groups excluding tert-OH is 1. The summed E-state index contributed by atoms with van der Waals surface area (Å²) in [4.78, 5) is 11.9. The highest BCUT2D eigenvalue weighted by molar-refractivity contribution is 7.17. The van der Waals surface area contributed by atoms with Crippen LogP contribution in [-0.2, 0) is 4.79 Å². The molecule has 0 aliphatic carbocycles. The van der Waals surface area contributed by atoms with Crippen molar-refractivity contribution < 1.29 is 14.6 Å². The Hall–Kier alpha value is -2.08. The molecule has 2 N–H and O–H groups in total. The largest absolute Gasteiger partial charge is 0.484 e. The van der Waals surface area contributed by atoms with Gasteiger partial charge in [0.05, 0.1) is 6.10 Å². The van der Waals surface area contributed by atoms with Crippen molar-refractivity contribution in [3.63, 3.8) is 0 Å². The zero-order chi connectivity index (χ0) is 16.9. The highest BCUT2D eigenvalue weighted by Crippen LogP contribution is 2.29. The number of ether oxygens (including phenoxy) is 1. The maximum Gasteiger partial charge on any atom is 0.258 e. The van der Waals surface area contributed by atoms with E-state index in [1.807, 2.05) is 29.6 Å². The molecule has 3 rings (SSSR count). The van der Waals surface area contributed by atoms with Gasteiger partial charge in [0.15, 0.2) is 6.61 Å². The lowest BCUT2D eigenvalue weighted by atomic mass is 10.1. The molecule has 4 nitrogen and oxygen atoms in total. The van der Waals surface area contributed by atoms with E-state index in [0.29, 0.717) is 10.8 Å². The summed E-state index contributed by atoms with van der Waals surface area (Å²) in [6.45, 7) is 0.0300. The lowest BCUT2D eigenvalue weighted by molar-refractivity contribution is -0.123. The van der Waals surface area contributed by atoms with Gasteiger partial charge < -0.3 is 15.2 Å². The number of benzene rings is 2. The van der Waals surface area contributed by atoms with Gasteiger partial charge in [-0.2, -0.15) is 0 Å². The zero-order valence-corrected chi connectivity index (χ0v) is 14.3. The number of nitrogens with one attached hydrogen (secondary N) is 1. The number of hydrogen-bond acceptors (Lipinski definition) is 4. The van der Waals surface area contributed by atoms with Gasteiger partial charge in [-0.3, -0.25) is 4.79 Å². The summed E-state index contributed by atoms with van der Waals surface area (Å²) in [5.41, 5.74) is 0.828. The van der Waals surface area contributed by atoms with Gasteiger partial charge in [-0.05, 0) is 41.1 Å². The van der Waals surface area contributed by atoms with Gasteiger partial charge in [-0.25, -0.2) is 0 Å². The van der Waals surface area contributed by atoms with Gasteiger partial charge in [0.25, 0.3) is 5.91 Å². The van der Waals surface area contributed by atoms with E-state index < -0.39 is 6.10 Å². The van der Waals surface area contributed by atoms with E-state index in [-0.39, 0.29) is 19.1 Å². The first kappa shape index (κ1) is 16.8. The molecule has 0 aliphatic rings. The number of carbonyl (C=O) groups excluding carboxylic acids is 1. The number of carbonyl (C=O) groups is 1. The minimum absolute atomic E-state index is 0.112. The highest BCUT2D eigenvalue weighted by atomic mass is 35.5. The number of hydrogen-bond donors (Lipinski definition) is 2. The average Bonchev–Trinajstić information content (AvgIpc) is 3.03. The van der Waals surface area contributed by atoms with Crippen molar-refractivity contribution in [1.29, 1.82) is 0 Å². The molecular formula is C18H16ClNO3S. The fraction of sp³-hybridized carbons (Fsp3) is 0.167. The van der Waals surface area contributed by atoms with Crippen molar-refractivity contribution in [2.24, 2.45) is 0 Å². The Morgan fingerprint density at radius 3 is 2.75 bits per heavy atom. The molecule has 2 aromatic carbocycles. The van der Waals surface area contributed by atoms with Crippen molar-refractivity contribution in [3.05, 3.63) is 64.5 Å². The molecule has 1 heterocycles. The van der Waals surface area contributed by atoms with Crippen LogP contribution < -0.4 is 10.1 Å². The summed E-state index contributed by atoms with van der Waals surface area (Å²) in [5, 5.41) is 16.5. The SMILES string of the molecule is O=C(COc1ccc(Cl)cc1)NC[C@H](O)c1csc2ccccc12. The molecule has 0 saturated heterocycles. The maximum absolute atomic E-state index is 11.9. The molecule has 1 aromatic heterocycles. The van der Waals surface area contributed by atoms with E-state index in [0.717, 1.165) is 15.6 Å². The van der Waals surface area contributed by atoms with Crippen molar-refractivity contribution in [2.45, 2.75) is 6.10 Å². The number of thiophene rings is 1. The van der Waals surface area contributed by atoms with Crippen molar-refractivity contribution in [1.82, 2.24) is 5.32 Å². The van der Waals surface area contributed by atoms with Gasteiger partial charge in [0, 0.05) is 21.8 Å². The lowest BCUT2D eigenvalue weighted by Gasteiger charge is -2.12. The number of rotatable bonds is 6. The van der Waals surface area contributed by atoms with E-state index in [1.54, 1.807) is 35.6 Å². The molecule has 24 heavy (non-hydrogen) atoms. The predicted octanol–water partition coefficient (Wildman–Crippen LogP) is 3.78. The van der Waals surface area contributed by atoms with Crippen LogP contribution in [0, 0.1) is 0 Å². The summed E-state index contributed by atoms with van der Waals surface area (Å²) in [6, 6.07) is 14.7. The van der Waals surface area contributed by atoms with Gasteiger partial charge in [0.1, 0.15) is 5.75 Å². The number of amides is 1. The third-order valence-corrected chi connectivity index (χ3v) is 4.78. The van der Waals surface area contributed by atoms with E-state index >= 15 is 0 Å². The number of aliphatic hydroxyl groups is 1. The molecule has 0 aliphatic heterocycles. The summed E-state index contributed by atoms with van der Waals surface area (Å²) in [7, 11) is 0. The Morgan fingerprint density at radius 1 is 1.21 bits per heavy atom. The molecule has 0 unspecified atom stereocenters. The highest BCUT2D eigenvalue weighted by Gasteiger charge is 2.14. The molecule has 0 saturated carbocycles. The number of halogens is 1. The van der Waals surface area contributed by atoms with Gasteiger partial charge in [-0.1, -0.05) is 29.8 Å². The normalized spacial score (nSPS) is 12.1. The van der Waals surface area contributed by atoms with Crippen LogP contribution in [0.1, 0.15) is 11.7 Å². The molecule has 6 heteroatoms. The molecule has 3 aromatic rings. The second kappa shape index (κ2) is 7.66. The van der Waals surface area contributed by atoms with Crippen LogP contribution in [-0.4, -0.2) is 24.2 Å². The Balaban J connectivity index is 1.51. The lowest BCUT2D eigenvalue weighted by Crippen LogP contribution is -2.32. The van der Waals surface area contributed by atoms with Crippen LogP contribution in [0.2, 0.25) is 5.02 Å². The fourth-order valence-corrected chi connectivity index (χ4v) is 3.44. The van der Waals surface area contributed by atoms with Crippen LogP contribution in [0.15, 0.2) is 53.9 Å². The third-order valence-electron chi connectivity index (χ3n) is 3.55. The first-order valence-corrected chi connectivity index (χ1v) is 8.68. The fourth-order valence-electron chi connectivity index (χ4n) is 2.31. The molecular weight excluding hydrogens is 346 g/mol. The van der Waals surface area contributed by atoms with Crippen LogP contribution in [0.5, 0.6) is 5.75 Å². The van der Waals surface area contributed by atoms with Crippen LogP contribution >= 0.6 is 22.9 Å². The minimum Gasteiger partial charge on any atom is -0.484 e. The zero-order valence-electron chi connectivity index (χ0n) is 12.7. The average molecular weight is 362 g/mol. The topological polar surface area (TPSA) is 58.6 Å². The van der Waals surface area contributed by atoms with Gasteiger partial charge in [0.2, 0.25) is 0 Å². The van der Waals surface area contributed by atoms with Crippen molar-refractivity contribution in [3.8, 4) is 5.75 Å². The first-order valence-electron chi connectivity index (χ1n) is 7.43. The van der Waals surface area contributed by atoms with Crippen molar-refractivity contribution >= 4 is 38.9 Å². The smallest absolute Gasteiger partial charge is 0.258 e. The quantitative estimate of drug-likeness (QED) is 0.702. The third kappa shape index (κ3) is 4.06. The van der Waals surface area contributed by atoms with E-state index in [9.17, 15) is 9.90 Å². The summed E-state index contributed by atoms with van der Waals surface area (Å²) in [5.74, 6) is 0.280. The standard InChI is InChI=1S/C18H16ClNO3S/c19-12-5-7-13(8-6-12)23-10-18(22)20-9-16(21)15-11-24-17-4-2-1-3-14(15)17/h1-8,11,16,21H,9-10H2,(H,20,22)/t16-/m0/s1. The Morgan fingerprint density at radius 2 is 1.96 bits per heavy atom. The van der Waals surface area contributed by atoms with E-state index in [1.165, 1.54) is 0 Å². The molecule has 0 radical (unpaired) electrons.